The maximum atomic E-state index is 12.3. The zero-order valence-corrected chi connectivity index (χ0v) is 12.7. The normalized spacial score (nSPS) is 14.0. The molecule has 2 heterocycles. The molecule has 0 bridgehead atoms. The van der Waals surface area contributed by atoms with Gasteiger partial charge in [-0.05, 0) is 30.2 Å². The third kappa shape index (κ3) is 2.93. The van der Waals surface area contributed by atoms with Gasteiger partial charge in [-0.2, -0.15) is 5.10 Å². The molecular weight excluding hydrogens is 288 g/mol. The fraction of sp³-hybridized carbons (Fsp3) is 0.357. The maximum absolute atomic E-state index is 12.3. The average molecular weight is 306 g/mol. The molecule has 0 spiro atoms. The minimum absolute atomic E-state index is 0.306. The zero-order chi connectivity index (χ0) is 14.9. The summed E-state index contributed by atoms with van der Waals surface area (Å²) in [4.78, 5) is 0.306. The largest absolute Gasteiger partial charge is 0.384 e. The number of sulfonamides is 1. The lowest BCUT2D eigenvalue weighted by molar-refractivity contribution is 0.580. The number of hydrogen-bond acceptors (Lipinski definition) is 4. The predicted molar refractivity (Wildman–Crippen MR) is 80.7 cm³/mol. The van der Waals surface area contributed by atoms with E-state index in [1.807, 2.05) is 19.2 Å². The second kappa shape index (κ2) is 5.50. The Labute approximate surface area is 124 Å². The molecule has 0 fully saturated rings. The van der Waals surface area contributed by atoms with Crippen LogP contribution in [0.25, 0.3) is 0 Å². The van der Waals surface area contributed by atoms with Crippen molar-refractivity contribution >= 4 is 15.7 Å². The van der Waals surface area contributed by atoms with Gasteiger partial charge in [0.25, 0.3) is 0 Å². The molecule has 0 saturated heterocycles. The molecule has 0 atom stereocenters. The number of nitrogens with one attached hydrogen (secondary N) is 2. The van der Waals surface area contributed by atoms with Crippen LogP contribution in [0, 0.1) is 0 Å². The first-order valence-electron chi connectivity index (χ1n) is 6.89. The van der Waals surface area contributed by atoms with Crippen molar-refractivity contribution < 1.29 is 8.42 Å². The molecule has 1 aromatic carbocycles. The molecule has 6 nitrogen and oxygen atoms in total. The molecule has 0 radical (unpaired) electrons. The minimum Gasteiger partial charge on any atom is -0.384 e. The lowest BCUT2D eigenvalue weighted by Gasteiger charge is -2.08. The van der Waals surface area contributed by atoms with Gasteiger partial charge in [0.15, 0.2) is 0 Å². The van der Waals surface area contributed by atoms with Crippen LogP contribution in [0.2, 0.25) is 0 Å². The Morgan fingerprint density at radius 1 is 1.38 bits per heavy atom. The van der Waals surface area contributed by atoms with E-state index in [1.54, 1.807) is 23.0 Å². The topological polar surface area (TPSA) is 76.0 Å². The van der Waals surface area contributed by atoms with Crippen molar-refractivity contribution in [3.63, 3.8) is 0 Å². The first-order valence-corrected chi connectivity index (χ1v) is 8.38. The molecule has 21 heavy (non-hydrogen) atoms. The van der Waals surface area contributed by atoms with Crippen LogP contribution in [-0.2, 0) is 29.9 Å². The fourth-order valence-corrected chi connectivity index (χ4v) is 3.54. The third-order valence-electron chi connectivity index (χ3n) is 3.70. The highest BCUT2D eigenvalue weighted by Crippen LogP contribution is 2.25. The molecule has 2 N–H and O–H groups in total. The van der Waals surface area contributed by atoms with Crippen LogP contribution in [0.1, 0.15) is 11.3 Å². The first-order chi connectivity index (χ1) is 10.1. The van der Waals surface area contributed by atoms with Crippen LogP contribution in [0.3, 0.4) is 0 Å². The summed E-state index contributed by atoms with van der Waals surface area (Å²) in [6.07, 6.45) is 3.26. The van der Waals surface area contributed by atoms with Crippen LogP contribution in [0.4, 0.5) is 5.69 Å². The van der Waals surface area contributed by atoms with Crippen LogP contribution in [0.5, 0.6) is 0 Å². The average Bonchev–Trinajstić information content (AvgIpc) is 3.07. The van der Waals surface area contributed by atoms with Crippen molar-refractivity contribution in [1.82, 2.24) is 14.5 Å². The number of rotatable bonds is 5. The van der Waals surface area contributed by atoms with Gasteiger partial charge in [-0.15, -0.1) is 0 Å². The smallest absolute Gasteiger partial charge is 0.240 e. The van der Waals surface area contributed by atoms with Crippen molar-refractivity contribution in [2.75, 3.05) is 18.4 Å². The van der Waals surface area contributed by atoms with Crippen molar-refractivity contribution in [2.24, 2.45) is 7.05 Å². The second-order valence-corrected chi connectivity index (χ2v) is 6.86. The fourth-order valence-electron chi connectivity index (χ4n) is 2.48. The number of aryl methyl sites for hydroxylation is 1. The lowest BCUT2D eigenvalue weighted by Crippen LogP contribution is -2.26. The molecule has 7 heteroatoms. The van der Waals surface area contributed by atoms with Crippen LogP contribution >= 0.6 is 0 Å². The molecule has 2 aromatic rings. The number of anilines is 1. The summed E-state index contributed by atoms with van der Waals surface area (Å²) < 4.78 is 28.9. The Kier molecular flexibility index (Phi) is 3.69. The van der Waals surface area contributed by atoms with Crippen molar-refractivity contribution in [2.45, 2.75) is 17.7 Å². The van der Waals surface area contributed by atoms with E-state index in [0.717, 1.165) is 24.3 Å². The summed E-state index contributed by atoms with van der Waals surface area (Å²) in [7, 11) is -1.62. The maximum Gasteiger partial charge on any atom is 0.240 e. The number of hydrogen-bond donors (Lipinski definition) is 2. The molecule has 3 rings (SSSR count). The van der Waals surface area contributed by atoms with Gasteiger partial charge < -0.3 is 5.32 Å². The van der Waals surface area contributed by atoms with E-state index in [1.165, 1.54) is 5.56 Å². The van der Waals surface area contributed by atoms with Gasteiger partial charge >= 0.3 is 0 Å². The monoisotopic (exact) mass is 306 g/mol. The van der Waals surface area contributed by atoms with Gasteiger partial charge in [0.05, 0.1) is 4.90 Å². The summed E-state index contributed by atoms with van der Waals surface area (Å²) in [6.45, 7) is 1.22. The van der Waals surface area contributed by atoms with Crippen LogP contribution in [-0.4, -0.2) is 31.3 Å². The second-order valence-electron chi connectivity index (χ2n) is 5.09. The molecule has 1 aliphatic heterocycles. The van der Waals surface area contributed by atoms with E-state index < -0.39 is 10.0 Å². The Morgan fingerprint density at radius 2 is 2.24 bits per heavy atom. The highest BCUT2D eigenvalue weighted by Gasteiger charge is 2.17. The number of benzene rings is 1. The summed E-state index contributed by atoms with van der Waals surface area (Å²) in [5, 5.41) is 7.26. The number of fused-ring (bicyclic) bond motifs is 1. The molecule has 0 aliphatic carbocycles. The van der Waals surface area contributed by atoms with E-state index in [9.17, 15) is 8.42 Å². The van der Waals surface area contributed by atoms with Crippen molar-refractivity contribution in [3.8, 4) is 0 Å². The van der Waals surface area contributed by atoms with Gasteiger partial charge in [0.2, 0.25) is 10.0 Å². The molecule has 0 saturated carbocycles. The number of aromatic nitrogens is 2. The van der Waals surface area contributed by atoms with Gasteiger partial charge in [0.1, 0.15) is 0 Å². The van der Waals surface area contributed by atoms with E-state index in [0.29, 0.717) is 17.9 Å². The molecule has 112 valence electrons. The van der Waals surface area contributed by atoms with Gasteiger partial charge in [-0.3, -0.25) is 4.68 Å². The summed E-state index contributed by atoms with van der Waals surface area (Å²) in [5.41, 5.74) is 3.08. The Bertz CT molecular complexity index is 752. The molecular formula is C14H18N4O2S. The van der Waals surface area contributed by atoms with E-state index >= 15 is 0 Å². The quantitative estimate of drug-likeness (QED) is 0.861. The van der Waals surface area contributed by atoms with Crippen LogP contribution < -0.4 is 10.0 Å². The highest BCUT2D eigenvalue weighted by atomic mass is 32.2. The Balaban J connectivity index is 1.68. The molecule has 1 aromatic heterocycles. The summed E-state index contributed by atoms with van der Waals surface area (Å²) in [6, 6.07) is 7.13. The van der Waals surface area contributed by atoms with E-state index in [-0.39, 0.29) is 0 Å². The van der Waals surface area contributed by atoms with Gasteiger partial charge in [-0.25, -0.2) is 13.1 Å². The lowest BCUT2D eigenvalue weighted by atomic mass is 10.2. The van der Waals surface area contributed by atoms with E-state index in [4.69, 9.17) is 0 Å². The predicted octanol–water partition coefficient (Wildman–Crippen LogP) is 0.909. The van der Waals surface area contributed by atoms with Crippen molar-refractivity contribution in [1.29, 1.82) is 0 Å². The van der Waals surface area contributed by atoms with E-state index in [2.05, 4.69) is 15.1 Å². The summed E-state index contributed by atoms with van der Waals surface area (Å²) in [5.74, 6) is 0. The van der Waals surface area contributed by atoms with Gasteiger partial charge in [-0.1, -0.05) is 6.07 Å². The molecule has 1 aliphatic rings. The Hall–Kier alpha value is -1.86. The van der Waals surface area contributed by atoms with Gasteiger partial charge in [0, 0.05) is 44.1 Å². The minimum atomic E-state index is -3.47. The zero-order valence-electron chi connectivity index (χ0n) is 11.8. The standard InChI is InChI=1S/C14H18N4O2S/c1-18-12(5-8-16-18)6-9-17-21(19,20)13-3-2-11-4-7-15-14(11)10-13/h2-3,5,8,10,15,17H,4,6-7,9H2,1H3. The Morgan fingerprint density at radius 3 is 3.00 bits per heavy atom. The molecule has 0 unspecified atom stereocenters. The highest BCUT2D eigenvalue weighted by molar-refractivity contribution is 7.89. The van der Waals surface area contributed by atoms with Crippen LogP contribution in [0.15, 0.2) is 35.4 Å². The number of nitrogens with zero attached hydrogens (tertiary/aromatic N) is 2. The van der Waals surface area contributed by atoms with Crippen molar-refractivity contribution in [3.05, 3.63) is 41.7 Å². The first kappa shape index (κ1) is 14.1. The SMILES string of the molecule is Cn1nccc1CCNS(=O)(=O)c1ccc2c(c1)NCC2. The molecule has 0 amide bonds. The third-order valence-corrected chi connectivity index (χ3v) is 5.16. The summed E-state index contributed by atoms with van der Waals surface area (Å²) >= 11 is 0.